The van der Waals surface area contributed by atoms with Gasteiger partial charge in [-0.1, -0.05) is 0 Å². The number of aryl methyl sites for hydroxylation is 2. The van der Waals surface area contributed by atoms with E-state index in [1.54, 1.807) is 0 Å². The Labute approximate surface area is 156 Å². The molecule has 2 aromatic heterocycles. The molecule has 4 heterocycles. The van der Waals surface area contributed by atoms with E-state index in [0.29, 0.717) is 5.92 Å². The normalized spacial score (nSPS) is 19.2. The summed E-state index contributed by atoms with van der Waals surface area (Å²) in [5.41, 5.74) is 3.85. The van der Waals surface area contributed by atoms with Gasteiger partial charge in [0.1, 0.15) is 11.6 Å². The van der Waals surface area contributed by atoms with E-state index < -0.39 is 0 Å². The molecular formula is C21H29N5. The number of nitrogens with zero attached hydrogens (tertiary/aromatic N) is 5. The summed E-state index contributed by atoms with van der Waals surface area (Å²) in [5.74, 6) is 2.69. The van der Waals surface area contributed by atoms with Gasteiger partial charge in [-0.15, -0.1) is 0 Å². The Balaban J connectivity index is 1.39. The Morgan fingerprint density at radius 3 is 2.35 bits per heavy atom. The van der Waals surface area contributed by atoms with Gasteiger partial charge >= 0.3 is 0 Å². The van der Waals surface area contributed by atoms with Gasteiger partial charge in [-0.05, 0) is 76.2 Å². The molecule has 5 nitrogen and oxygen atoms in total. The smallest absolute Gasteiger partial charge is 0.129 e. The molecule has 2 saturated heterocycles. The van der Waals surface area contributed by atoms with Crippen LogP contribution < -0.4 is 4.90 Å². The second kappa shape index (κ2) is 7.70. The van der Waals surface area contributed by atoms with E-state index in [4.69, 9.17) is 4.98 Å². The minimum absolute atomic E-state index is 0.656. The van der Waals surface area contributed by atoms with Crippen molar-refractivity contribution in [2.24, 2.45) is 0 Å². The van der Waals surface area contributed by atoms with Gasteiger partial charge in [-0.2, -0.15) is 0 Å². The number of aromatic nitrogens is 3. The van der Waals surface area contributed by atoms with Crippen LogP contribution in [0.2, 0.25) is 0 Å². The highest BCUT2D eigenvalue weighted by molar-refractivity contribution is 5.44. The SMILES string of the molecule is Cc1cc(C2CCN(Cc3cnc(C)nc3)CC2)cc(N2CCCC2)n1. The van der Waals surface area contributed by atoms with E-state index in [0.717, 1.165) is 44.2 Å². The number of anilines is 1. The monoisotopic (exact) mass is 351 g/mol. The first-order valence-electron chi connectivity index (χ1n) is 9.91. The van der Waals surface area contributed by atoms with Gasteiger partial charge in [0.05, 0.1) is 0 Å². The molecule has 0 radical (unpaired) electrons. The number of rotatable bonds is 4. The van der Waals surface area contributed by atoms with Crippen molar-refractivity contribution >= 4 is 5.82 Å². The van der Waals surface area contributed by atoms with Crippen LogP contribution in [0.1, 0.15) is 54.2 Å². The lowest BCUT2D eigenvalue weighted by atomic mass is 9.89. The van der Waals surface area contributed by atoms with Gasteiger partial charge in [0.25, 0.3) is 0 Å². The summed E-state index contributed by atoms with van der Waals surface area (Å²) in [5, 5.41) is 0. The van der Waals surface area contributed by atoms with Crippen LogP contribution in [0, 0.1) is 13.8 Å². The number of pyridine rings is 1. The zero-order chi connectivity index (χ0) is 17.9. The van der Waals surface area contributed by atoms with Crippen molar-refractivity contribution in [3.05, 3.63) is 47.2 Å². The summed E-state index contributed by atoms with van der Waals surface area (Å²) in [4.78, 5) is 18.4. The molecule has 0 saturated carbocycles. The molecule has 0 aromatic carbocycles. The molecule has 0 atom stereocenters. The van der Waals surface area contributed by atoms with Crippen molar-refractivity contribution in [1.82, 2.24) is 19.9 Å². The van der Waals surface area contributed by atoms with Crippen LogP contribution in [-0.2, 0) is 6.54 Å². The minimum atomic E-state index is 0.656. The average Bonchev–Trinajstić information content (AvgIpc) is 3.19. The molecule has 0 N–H and O–H groups in total. The molecule has 138 valence electrons. The maximum Gasteiger partial charge on any atom is 0.129 e. The summed E-state index contributed by atoms with van der Waals surface area (Å²) in [6.07, 6.45) is 8.95. The fraction of sp³-hybridized carbons (Fsp3) is 0.571. The highest BCUT2D eigenvalue weighted by atomic mass is 15.2. The van der Waals surface area contributed by atoms with E-state index in [9.17, 15) is 0 Å². The van der Waals surface area contributed by atoms with Crippen LogP contribution in [0.4, 0.5) is 5.82 Å². The number of hydrogen-bond acceptors (Lipinski definition) is 5. The van der Waals surface area contributed by atoms with Crippen LogP contribution in [0.3, 0.4) is 0 Å². The lowest BCUT2D eigenvalue weighted by Crippen LogP contribution is -2.32. The molecule has 0 bridgehead atoms. The summed E-state index contributed by atoms with van der Waals surface area (Å²) in [7, 11) is 0. The van der Waals surface area contributed by atoms with E-state index in [1.165, 1.54) is 42.6 Å². The molecule has 2 aliphatic rings. The Morgan fingerprint density at radius 2 is 1.65 bits per heavy atom. The summed E-state index contributed by atoms with van der Waals surface area (Å²) < 4.78 is 0. The fourth-order valence-electron chi connectivity index (χ4n) is 4.20. The highest BCUT2D eigenvalue weighted by Crippen LogP contribution is 2.31. The molecule has 0 unspecified atom stereocenters. The summed E-state index contributed by atoms with van der Waals surface area (Å²) >= 11 is 0. The molecule has 0 aliphatic carbocycles. The maximum atomic E-state index is 4.79. The maximum absolute atomic E-state index is 4.79. The Kier molecular flexibility index (Phi) is 5.16. The Hall–Kier alpha value is -2.01. The first kappa shape index (κ1) is 17.4. The van der Waals surface area contributed by atoms with Crippen molar-refractivity contribution in [2.75, 3.05) is 31.1 Å². The van der Waals surface area contributed by atoms with Crippen molar-refractivity contribution < 1.29 is 0 Å². The van der Waals surface area contributed by atoms with E-state index in [2.05, 4.69) is 38.8 Å². The van der Waals surface area contributed by atoms with Gasteiger partial charge in [-0.25, -0.2) is 15.0 Å². The molecule has 0 spiro atoms. The molecule has 2 aromatic rings. The van der Waals surface area contributed by atoms with Crippen LogP contribution in [0.15, 0.2) is 24.5 Å². The van der Waals surface area contributed by atoms with Gasteiger partial charge in [-0.3, -0.25) is 4.90 Å². The third kappa shape index (κ3) is 4.04. The quantitative estimate of drug-likeness (QED) is 0.844. The number of hydrogen-bond donors (Lipinski definition) is 0. The molecule has 2 aliphatic heterocycles. The first-order chi connectivity index (χ1) is 12.7. The topological polar surface area (TPSA) is 45.2 Å². The van der Waals surface area contributed by atoms with Gasteiger partial charge in [0, 0.05) is 43.3 Å². The second-order valence-corrected chi connectivity index (χ2v) is 7.78. The predicted molar refractivity (Wildman–Crippen MR) is 104 cm³/mol. The molecule has 5 heteroatoms. The minimum Gasteiger partial charge on any atom is -0.357 e. The van der Waals surface area contributed by atoms with E-state index in [-0.39, 0.29) is 0 Å². The summed E-state index contributed by atoms with van der Waals surface area (Å²) in [6, 6.07) is 4.65. The van der Waals surface area contributed by atoms with Gasteiger partial charge in [0.2, 0.25) is 0 Å². The van der Waals surface area contributed by atoms with Gasteiger partial charge < -0.3 is 4.90 Å². The van der Waals surface area contributed by atoms with E-state index >= 15 is 0 Å². The van der Waals surface area contributed by atoms with Crippen LogP contribution in [0.25, 0.3) is 0 Å². The first-order valence-corrected chi connectivity index (χ1v) is 9.91. The van der Waals surface area contributed by atoms with Crippen LogP contribution in [-0.4, -0.2) is 46.0 Å². The highest BCUT2D eigenvalue weighted by Gasteiger charge is 2.23. The molecular weight excluding hydrogens is 322 g/mol. The zero-order valence-corrected chi connectivity index (χ0v) is 16.0. The average molecular weight is 351 g/mol. The fourth-order valence-corrected chi connectivity index (χ4v) is 4.20. The van der Waals surface area contributed by atoms with Crippen LogP contribution in [0.5, 0.6) is 0 Å². The second-order valence-electron chi connectivity index (χ2n) is 7.78. The lowest BCUT2D eigenvalue weighted by Gasteiger charge is -2.32. The van der Waals surface area contributed by atoms with Crippen LogP contribution >= 0.6 is 0 Å². The van der Waals surface area contributed by atoms with Crippen molar-refractivity contribution in [1.29, 1.82) is 0 Å². The van der Waals surface area contributed by atoms with Gasteiger partial charge in [0.15, 0.2) is 0 Å². The Bertz CT molecular complexity index is 729. The lowest BCUT2D eigenvalue weighted by molar-refractivity contribution is 0.204. The van der Waals surface area contributed by atoms with Crippen molar-refractivity contribution in [3.63, 3.8) is 0 Å². The van der Waals surface area contributed by atoms with Crippen molar-refractivity contribution in [2.45, 2.75) is 52.0 Å². The molecule has 2 fully saturated rings. The third-order valence-corrected chi connectivity index (χ3v) is 5.69. The molecule has 4 rings (SSSR count). The Morgan fingerprint density at radius 1 is 0.962 bits per heavy atom. The number of likely N-dealkylation sites (tertiary alicyclic amines) is 1. The largest absolute Gasteiger partial charge is 0.357 e. The zero-order valence-electron chi connectivity index (χ0n) is 16.0. The third-order valence-electron chi connectivity index (χ3n) is 5.69. The van der Waals surface area contributed by atoms with Crippen molar-refractivity contribution in [3.8, 4) is 0 Å². The standard InChI is InChI=1S/C21H29N5/c1-16-11-20(12-21(24-16)26-7-3-4-8-26)19-5-9-25(10-6-19)15-18-13-22-17(2)23-14-18/h11-14,19H,3-10,15H2,1-2H3. The predicted octanol–water partition coefficient (Wildman–Crippen LogP) is 3.47. The summed E-state index contributed by atoms with van der Waals surface area (Å²) in [6.45, 7) is 9.62. The number of piperidine rings is 1. The molecule has 26 heavy (non-hydrogen) atoms. The molecule has 0 amide bonds. The van der Waals surface area contributed by atoms with E-state index in [1.807, 2.05) is 19.3 Å².